The minimum absolute atomic E-state index is 0.00691. The average molecular weight is 621 g/mol. The van der Waals surface area contributed by atoms with E-state index in [1.807, 2.05) is 13.8 Å². The molecule has 2 atom stereocenters. The predicted molar refractivity (Wildman–Crippen MR) is 163 cm³/mol. The van der Waals surface area contributed by atoms with Crippen molar-refractivity contribution in [2.24, 2.45) is 0 Å². The van der Waals surface area contributed by atoms with E-state index < -0.39 is 28.5 Å². The maximum Gasteiger partial charge on any atom is 0.264 e. The van der Waals surface area contributed by atoms with E-state index >= 15 is 0 Å². The first kappa shape index (κ1) is 32.2. The van der Waals surface area contributed by atoms with Gasteiger partial charge >= 0.3 is 0 Å². The molecular weight excluding hydrogens is 585 g/mol. The van der Waals surface area contributed by atoms with Crippen molar-refractivity contribution >= 4 is 50.7 Å². The molecule has 3 aromatic carbocycles. The second-order valence-corrected chi connectivity index (χ2v) is 12.2. The van der Waals surface area contributed by atoms with Gasteiger partial charge < -0.3 is 15.0 Å². The molecule has 0 spiro atoms. The summed E-state index contributed by atoms with van der Waals surface area (Å²) in [6.07, 6.45) is 1.02. The van der Waals surface area contributed by atoms with Crippen LogP contribution >= 0.6 is 23.2 Å². The molecule has 0 saturated heterocycles. The number of para-hydroxylation sites is 1. The Kier molecular flexibility index (Phi) is 11.5. The smallest absolute Gasteiger partial charge is 0.264 e. The Morgan fingerprint density at radius 1 is 0.927 bits per heavy atom. The minimum atomic E-state index is -4.18. The number of hydrogen-bond donors (Lipinski definition) is 1. The standard InChI is InChI=1S/C30H35Cl2N3O5S/c1-5-21(3)33-30(37)28(6-2)34(19-22-12-17-26(31)27(32)18-22)29(36)20-35(23-10-8-7-9-11-23)41(38,39)25-15-13-24(40-4)14-16-25/h7-18,21,28H,5-6,19-20H2,1-4H3,(H,33,37)/t21-,28+/m0/s1. The van der Waals surface area contributed by atoms with Gasteiger partial charge in [0, 0.05) is 12.6 Å². The number of nitrogens with one attached hydrogen (secondary N) is 1. The maximum atomic E-state index is 14.1. The van der Waals surface area contributed by atoms with Gasteiger partial charge in [-0.25, -0.2) is 8.42 Å². The SMILES string of the molecule is CC[C@H](C(=O)N[C@@H](C)CC)N(Cc1ccc(Cl)c(Cl)c1)C(=O)CN(c1ccccc1)S(=O)(=O)c1ccc(OC)cc1. The molecule has 0 aromatic heterocycles. The number of anilines is 1. The minimum Gasteiger partial charge on any atom is -0.497 e. The molecule has 0 unspecified atom stereocenters. The van der Waals surface area contributed by atoms with Crippen molar-refractivity contribution in [2.75, 3.05) is 18.0 Å². The first-order valence-electron chi connectivity index (χ1n) is 13.3. The Labute approximate surface area is 252 Å². The van der Waals surface area contributed by atoms with Crippen molar-refractivity contribution < 1.29 is 22.7 Å². The molecule has 3 rings (SSSR count). The third kappa shape index (κ3) is 8.15. The lowest BCUT2D eigenvalue weighted by molar-refractivity contribution is -0.140. The van der Waals surface area contributed by atoms with Crippen LogP contribution in [0, 0.1) is 0 Å². The summed E-state index contributed by atoms with van der Waals surface area (Å²) in [7, 11) is -2.69. The molecule has 3 aromatic rings. The number of rotatable bonds is 13. The number of benzene rings is 3. The topological polar surface area (TPSA) is 96.0 Å². The van der Waals surface area contributed by atoms with Gasteiger partial charge in [-0.2, -0.15) is 0 Å². The summed E-state index contributed by atoms with van der Waals surface area (Å²) in [6.45, 7) is 5.12. The molecule has 1 N–H and O–H groups in total. The second kappa shape index (κ2) is 14.6. The molecule has 8 nitrogen and oxygen atoms in total. The van der Waals surface area contributed by atoms with Crippen LogP contribution in [0.1, 0.15) is 39.2 Å². The third-order valence-corrected chi connectivity index (χ3v) is 9.22. The number of hydrogen-bond acceptors (Lipinski definition) is 5. The van der Waals surface area contributed by atoms with Gasteiger partial charge in [-0.05, 0) is 73.9 Å². The number of sulfonamides is 1. The number of ether oxygens (including phenoxy) is 1. The molecule has 0 aliphatic heterocycles. The van der Waals surface area contributed by atoms with Crippen molar-refractivity contribution in [1.82, 2.24) is 10.2 Å². The van der Waals surface area contributed by atoms with Crippen LogP contribution in [0.15, 0.2) is 77.7 Å². The van der Waals surface area contributed by atoms with E-state index in [0.29, 0.717) is 39.9 Å². The molecule has 2 amide bonds. The van der Waals surface area contributed by atoms with Gasteiger partial charge in [0.1, 0.15) is 18.3 Å². The van der Waals surface area contributed by atoms with Crippen LogP contribution in [0.2, 0.25) is 10.0 Å². The van der Waals surface area contributed by atoms with Gasteiger partial charge in [-0.15, -0.1) is 0 Å². The number of methoxy groups -OCH3 is 1. The highest BCUT2D eigenvalue weighted by atomic mass is 35.5. The number of carbonyl (C=O) groups is 2. The summed E-state index contributed by atoms with van der Waals surface area (Å²) in [6, 6.07) is 18.3. The molecule has 220 valence electrons. The maximum absolute atomic E-state index is 14.1. The van der Waals surface area contributed by atoms with E-state index in [4.69, 9.17) is 27.9 Å². The summed E-state index contributed by atoms with van der Waals surface area (Å²) in [5, 5.41) is 3.61. The summed E-state index contributed by atoms with van der Waals surface area (Å²) < 4.78 is 34.0. The van der Waals surface area contributed by atoms with E-state index in [2.05, 4.69) is 5.32 Å². The second-order valence-electron chi connectivity index (χ2n) is 9.53. The molecule has 0 aliphatic rings. The van der Waals surface area contributed by atoms with Crippen LogP contribution in [0.3, 0.4) is 0 Å². The molecule has 41 heavy (non-hydrogen) atoms. The Hall–Kier alpha value is -3.27. The Morgan fingerprint density at radius 2 is 1.59 bits per heavy atom. The van der Waals surface area contributed by atoms with Gasteiger partial charge in [-0.1, -0.05) is 61.3 Å². The monoisotopic (exact) mass is 619 g/mol. The first-order chi connectivity index (χ1) is 19.5. The number of amides is 2. The van der Waals surface area contributed by atoms with Gasteiger partial charge in [0.25, 0.3) is 10.0 Å². The molecule has 0 fully saturated rings. The quantitative estimate of drug-likeness (QED) is 0.256. The predicted octanol–water partition coefficient (Wildman–Crippen LogP) is 5.92. The highest BCUT2D eigenvalue weighted by Gasteiger charge is 2.34. The summed E-state index contributed by atoms with van der Waals surface area (Å²) in [5.74, 6) is -0.375. The number of halogens is 2. The van der Waals surface area contributed by atoms with Crippen LogP contribution in [0.25, 0.3) is 0 Å². The summed E-state index contributed by atoms with van der Waals surface area (Å²) in [4.78, 5) is 28.8. The fourth-order valence-electron chi connectivity index (χ4n) is 4.19. The summed E-state index contributed by atoms with van der Waals surface area (Å²) in [5.41, 5.74) is 0.954. The van der Waals surface area contributed by atoms with Crippen LogP contribution in [0.4, 0.5) is 5.69 Å². The lowest BCUT2D eigenvalue weighted by atomic mass is 10.1. The zero-order chi connectivity index (χ0) is 30.2. The highest BCUT2D eigenvalue weighted by molar-refractivity contribution is 7.92. The molecule has 0 bridgehead atoms. The Morgan fingerprint density at radius 3 is 2.15 bits per heavy atom. The van der Waals surface area contributed by atoms with Gasteiger partial charge in [0.05, 0.1) is 27.7 Å². The van der Waals surface area contributed by atoms with Gasteiger partial charge in [0.15, 0.2) is 0 Å². The van der Waals surface area contributed by atoms with E-state index in [-0.39, 0.29) is 23.4 Å². The van der Waals surface area contributed by atoms with Crippen molar-refractivity contribution in [1.29, 1.82) is 0 Å². The van der Waals surface area contributed by atoms with Crippen molar-refractivity contribution in [3.05, 3.63) is 88.4 Å². The van der Waals surface area contributed by atoms with Crippen molar-refractivity contribution in [3.8, 4) is 5.75 Å². The van der Waals surface area contributed by atoms with Crippen molar-refractivity contribution in [2.45, 2.75) is 57.1 Å². The molecule has 11 heteroatoms. The third-order valence-electron chi connectivity index (χ3n) is 6.69. The fraction of sp³-hybridized carbons (Fsp3) is 0.333. The molecule has 0 heterocycles. The van der Waals surface area contributed by atoms with Gasteiger partial charge in [-0.3, -0.25) is 13.9 Å². The Balaban J connectivity index is 2.05. The molecule has 0 radical (unpaired) electrons. The highest BCUT2D eigenvalue weighted by Crippen LogP contribution is 2.27. The molecule has 0 saturated carbocycles. The van der Waals surface area contributed by atoms with E-state index in [1.165, 1.54) is 24.1 Å². The van der Waals surface area contributed by atoms with Crippen LogP contribution in [0.5, 0.6) is 5.75 Å². The van der Waals surface area contributed by atoms with Crippen molar-refractivity contribution in [3.63, 3.8) is 0 Å². The number of nitrogens with zero attached hydrogens (tertiary/aromatic N) is 2. The molecular formula is C30H35Cl2N3O5S. The zero-order valence-electron chi connectivity index (χ0n) is 23.5. The normalized spacial score (nSPS) is 12.7. The lowest BCUT2D eigenvalue weighted by Crippen LogP contribution is -2.53. The van der Waals surface area contributed by atoms with Crippen LogP contribution in [-0.2, 0) is 26.2 Å². The van der Waals surface area contributed by atoms with Crippen LogP contribution < -0.4 is 14.4 Å². The van der Waals surface area contributed by atoms with E-state index in [0.717, 1.165) is 4.31 Å². The Bertz CT molecular complexity index is 1440. The van der Waals surface area contributed by atoms with E-state index in [9.17, 15) is 18.0 Å². The summed E-state index contributed by atoms with van der Waals surface area (Å²) >= 11 is 12.3. The largest absolute Gasteiger partial charge is 0.497 e. The lowest BCUT2D eigenvalue weighted by Gasteiger charge is -2.33. The van der Waals surface area contributed by atoms with Crippen LogP contribution in [-0.4, -0.2) is 50.9 Å². The molecule has 0 aliphatic carbocycles. The zero-order valence-corrected chi connectivity index (χ0v) is 25.8. The fourth-order valence-corrected chi connectivity index (χ4v) is 5.93. The average Bonchev–Trinajstić information content (AvgIpc) is 2.97. The number of carbonyl (C=O) groups excluding carboxylic acids is 2. The van der Waals surface area contributed by atoms with E-state index in [1.54, 1.807) is 67.6 Å². The van der Waals surface area contributed by atoms with Gasteiger partial charge in [0.2, 0.25) is 11.8 Å². The first-order valence-corrected chi connectivity index (χ1v) is 15.5.